The van der Waals surface area contributed by atoms with Crippen molar-refractivity contribution in [1.82, 2.24) is 14.8 Å². The van der Waals surface area contributed by atoms with Crippen molar-refractivity contribution in [1.29, 1.82) is 5.26 Å². The van der Waals surface area contributed by atoms with E-state index in [1.54, 1.807) is 22.9 Å². The second-order valence-corrected chi connectivity index (χ2v) is 3.95. The monoisotopic (exact) mass is 241 g/mol. The van der Waals surface area contributed by atoms with E-state index in [2.05, 4.69) is 16.2 Å². The summed E-state index contributed by atoms with van der Waals surface area (Å²) in [6, 6.07) is 7.37. The highest BCUT2D eigenvalue weighted by molar-refractivity contribution is 5.56. The van der Waals surface area contributed by atoms with E-state index < -0.39 is 0 Å². The number of nitriles is 1. The van der Waals surface area contributed by atoms with Gasteiger partial charge >= 0.3 is 0 Å². The highest BCUT2D eigenvalue weighted by Gasteiger charge is 2.12. The van der Waals surface area contributed by atoms with E-state index >= 15 is 0 Å². The Morgan fingerprint density at radius 3 is 2.72 bits per heavy atom. The van der Waals surface area contributed by atoms with Gasteiger partial charge in [0.05, 0.1) is 11.3 Å². The summed E-state index contributed by atoms with van der Waals surface area (Å²) in [5, 5.41) is 13.6. The van der Waals surface area contributed by atoms with Crippen LogP contribution in [0.2, 0.25) is 0 Å². The van der Waals surface area contributed by atoms with Crippen molar-refractivity contribution in [2.45, 2.75) is 26.7 Å². The van der Waals surface area contributed by atoms with Crippen LogP contribution in [0, 0.1) is 11.3 Å². The molecule has 0 atom stereocenters. The van der Waals surface area contributed by atoms with Crippen LogP contribution in [0.1, 0.15) is 31.1 Å². The number of nitrogens with zero attached hydrogens (tertiary/aromatic N) is 4. The lowest BCUT2D eigenvalue weighted by Crippen LogP contribution is -2.05. The van der Waals surface area contributed by atoms with Crippen LogP contribution in [0.3, 0.4) is 0 Å². The largest absolute Gasteiger partial charge is 0.399 e. The Labute approximate surface area is 106 Å². The van der Waals surface area contributed by atoms with Gasteiger partial charge in [0.1, 0.15) is 11.9 Å². The van der Waals surface area contributed by atoms with Gasteiger partial charge in [0.15, 0.2) is 5.82 Å². The summed E-state index contributed by atoms with van der Waals surface area (Å²) in [6.07, 6.45) is 1.54. The molecule has 1 heterocycles. The van der Waals surface area contributed by atoms with Gasteiger partial charge in [-0.3, -0.25) is 0 Å². The maximum absolute atomic E-state index is 9.16. The van der Waals surface area contributed by atoms with Gasteiger partial charge < -0.3 is 5.73 Å². The van der Waals surface area contributed by atoms with Crippen molar-refractivity contribution >= 4 is 5.69 Å². The Hall–Kier alpha value is -2.35. The van der Waals surface area contributed by atoms with Gasteiger partial charge in [-0.15, -0.1) is 0 Å². The summed E-state index contributed by atoms with van der Waals surface area (Å²) in [7, 11) is 0. The lowest BCUT2D eigenvalue weighted by molar-refractivity contribution is 0.789. The number of benzene rings is 1. The van der Waals surface area contributed by atoms with Crippen LogP contribution < -0.4 is 5.73 Å². The highest BCUT2D eigenvalue weighted by Crippen LogP contribution is 2.18. The normalized spacial score (nSPS) is 10.3. The van der Waals surface area contributed by atoms with Crippen molar-refractivity contribution in [2.24, 2.45) is 0 Å². The smallest absolute Gasteiger partial charge is 0.151 e. The molecule has 0 radical (unpaired) electrons. The summed E-state index contributed by atoms with van der Waals surface area (Å²) in [6.45, 7) is 4.02. The van der Waals surface area contributed by atoms with E-state index in [4.69, 9.17) is 11.0 Å². The zero-order chi connectivity index (χ0) is 13.1. The summed E-state index contributed by atoms with van der Waals surface area (Å²) in [5.74, 6) is 1.64. The predicted octanol–water partition coefficient (Wildman–Crippen LogP) is 1.85. The van der Waals surface area contributed by atoms with Crippen molar-refractivity contribution in [3.05, 3.63) is 35.4 Å². The molecule has 0 saturated heterocycles. The molecule has 0 spiro atoms. The second-order valence-electron chi connectivity index (χ2n) is 3.95. The van der Waals surface area contributed by atoms with Gasteiger partial charge in [0.25, 0.3) is 0 Å². The summed E-state index contributed by atoms with van der Waals surface area (Å²) >= 11 is 0. The average Bonchev–Trinajstić information content (AvgIpc) is 2.81. The molecule has 0 aliphatic heterocycles. The molecule has 1 aromatic heterocycles. The number of hydrogen-bond acceptors (Lipinski definition) is 4. The quantitative estimate of drug-likeness (QED) is 0.831. The van der Waals surface area contributed by atoms with E-state index in [-0.39, 0.29) is 0 Å². The Balaban J connectivity index is 2.61. The van der Waals surface area contributed by atoms with Crippen LogP contribution >= 0.6 is 0 Å². The van der Waals surface area contributed by atoms with Gasteiger partial charge in [-0.25, -0.2) is 9.67 Å². The maximum atomic E-state index is 9.16. The van der Waals surface area contributed by atoms with Crippen LogP contribution in [0.15, 0.2) is 18.2 Å². The van der Waals surface area contributed by atoms with E-state index in [0.717, 1.165) is 30.2 Å². The Morgan fingerprint density at radius 1 is 1.33 bits per heavy atom. The van der Waals surface area contributed by atoms with Crippen molar-refractivity contribution in [3.63, 3.8) is 0 Å². The first kappa shape index (κ1) is 12.1. The second kappa shape index (κ2) is 4.88. The van der Waals surface area contributed by atoms with Crippen LogP contribution in [0.4, 0.5) is 5.69 Å². The minimum atomic E-state index is 0.511. The summed E-state index contributed by atoms with van der Waals surface area (Å²) in [5.41, 5.74) is 7.50. The lowest BCUT2D eigenvalue weighted by atomic mass is 10.1. The molecular weight excluding hydrogens is 226 g/mol. The first-order chi connectivity index (χ1) is 8.69. The summed E-state index contributed by atoms with van der Waals surface area (Å²) in [4.78, 5) is 4.43. The molecule has 5 heteroatoms. The molecule has 0 amide bonds. The molecule has 0 aliphatic rings. The fourth-order valence-corrected chi connectivity index (χ4v) is 1.79. The number of nitrogen functional groups attached to an aromatic ring is 1. The zero-order valence-corrected chi connectivity index (χ0v) is 10.5. The van der Waals surface area contributed by atoms with Crippen LogP contribution in [0.25, 0.3) is 5.69 Å². The van der Waals surface area contributed by atoms with Gasteiger partial charge in [-0.1, -0.05) is 13.8 Å². The molecule has 1 aromatic carbocycles. The average molecular weight is 241 g/mol. The fourth-order valence-electron chi connectivity index (χ4n) is 1.79. The maximum Gasteiger partial charge on any atom is 0.151 e. The molecule has 5 nitrogen and oxygen atoms in total. The van der Waals surface area contributed by atoms with Crippen molar-refractivity contribution < 1.29 is 0 Å². The standard InChI is InChI=1S/C13H15N5/c1-3-12-16-13(4-2)18(17-12)11-6-5-10(15)7-9(11)8-14/h5-7H,3-4,15H2,1-2H3. The SMILES string of the molecule is CCc1nc(CC)n(-c2ccc(N)cc2C#N)n1. The molecular formula is C13H15N5. The lowest BCUT2D eigenvalue weighted by Gasteiger charge is -2.07. The number of nitrogens with two attached hydrogens (primary N) is 1. The molecule has 92 valence electrons. The molecule has 0 bridgehead atoms. The minimum absolute atomic E-state index is 0.511. The third kappa shape index (κ3) is 2.05. The fraction of sp³-hybridized carbons (Fsp3) is 0.308. The van der Waals surface area contributed by atoms with E-state index in [9.17, 15) is 0 Å². The van der Waals surface area contributed by atoms with Crippen LogP contribution in [-0.2, 0) is 12.8 Å². The van der Waals surface area contributed by atoms with Gasteiger partial charge in [0, 0.05) is 18.5 Å². The number of rotatable bonds is 3. The van der Waals surface area contributed by atoms with Gasteiger partial charge in [0.2, 0.25) is 0 Å². The molecule has 0 unspecified atom stereocenters. The Bertz CT molecular complexity index is 606. The first-order valence-electron chi connectivity index (χ1n) is 5.94. The Morgan fingerprint density at radius 2 is 2.11 bits per heavy atom. The van der Waals surface area contributed by atoms with Crippen molar-refractivity contribution in [3.8, 4) is 11.8 Å². The third-order valence-corrected chi connectivity index (χ3v) is 2.72. The van der Waals surface area contributed by atoms with Crippen molar-refractivity contribution in [2.75, 3.05) is 5.73 Å². The minimum Gasteiger partial charge on any atom is -0.399 e. The first-order valence-corrected chi connectivity index (χ1v) is 5.94. The van der Waals surface area contributed by atoms with Gasteiger partial charge in [-0.05, 0) is 18.2 Å². The van der Waals surface area contributed by atoms with E-state index in [0.29, 0.717) is 11.3 Å². The van der Waals surface area contributed by atoms with E-state index in [1.807, 2.05) is 13.8 Å². The molecule has 0 saturated carbocycles. The molecule has 18 heavy (non-hydrogen) atoms. The van der Waals surface area contributed by atoms with Crippen LogP contribution in [-0.4, -0.2) is 14.8 Å². The molecule has 2 N–H and O–H groups in total. The number of hydrogen-bond donors (Lipinski definition) is 1. The zero-order valence-electron chi connectivity index (χ0n) is 10.5. The molecule has 0 fully saturated rings. The topological polar surface area (TPSA) is 80.5 Å². The number of anilines is 1. The third-order valence-electron chi connectivity index (χ3n) is 2.72. The molecule has 2 rings (SSSR count). The van der Waals surface area contributed by atoms with Gasteiger partial charge in [-0.2, -0.15) is 10.4 Å². The predicted molar refractivity (Wildman–Crippen MR) is 69.2 cm³/mol. The summed E-state index contributed by atoms with van der Waals surface area (Å²) < 4.78 is 1.73. The number of aromatic nitrogens is 3. The molecule has 2 aromatic rings. The van der Waals surface area contributed by atoms with Crippen LogP contribution in [0.5, 0.6) is 0 Å². The number of aryl methyl sites for hydroxylation is 2. The molecule has 0 aliphatic carbocycles. The van der Waals surface area contributed by atoms with E-state index in [1.165, 1.54) is 0 Å². The highest BCUT2D eigenvalue weighted by atomic mass is 15.3. The Kier molecular flexibility index (Phi) is 3.28.